The molecule has 0 saturated heterocycles. The van der Waals surface area contributed by atoms with Crippen molar-refractivity contribution in [3.05, 3.63) is 82.9 Å². The first-order chi connectivity index (χ1) is 18.2. The van der Waals surface area contributed by atoms with Crippen molar-refractivity contribution in [2.75, 3.05) is 19.0 Å². The average Bonchev–Trinajstić information content (AvgIpc) is 3.36. The van der Waals surface area contributed by atoms with Gasteiger partial charge in [-0.25, -0.2) is 18.1 Å². The highest BCUT2D eigenvalue weighted by Crippen LogP contribution is 2.32. The van der Waals surface area contributed by atoms with Crippen LogP contribution in [0.25, 0.3) is 10.2 Å². The van der Waals surface area contributed by atoms with Crippen molar-refractivity contribution in [1.82, 2.24) is 9.71 Å². The third-order valence-electron chi connectivity index (χ3n) is 5.59. The van der Waals surface area contributed by atoms with Crippen LogP contribution in [0.4, 0.5) is 5.69 Å². The molecule has 0 aliphatic heterocycles. The van der Waals surface area contributed by atoms with Crippen LogP contribution in [0.15, 0.2) is 76.8 Å². The molecule has 1 aromatic heterocycles. The lowest BCUT2D eigenvalue weighted by atomic mass is 10.0. The van der Waals surface area contributed by atoms with Gasteiger partial charge in [0.2, 0.25) is 15.9 Å². The highest BCUT2D eigenvalue weighted by Gasteiger charge is 2.25. The van der Waals surface area contributed by atoms with Gasteiger partial charge in [-0.15, -0.1) is 11.3 Å². The van der Waals surface area contributed by atoms with E-state index in [1.54, 1.807) is 37.4 Å². The molecule has 0 aliphatic carbocycles. The number of benzene rings is 3. The Hall–Kier alpha value is -4.04. The van der Waals surface area contributed by atoms with Crippen molar-refractivity contribution < 1.29 is 23.2 Å². The maximum absolute atomic E-state index is 13.5. The van der Waals surface area contributed by atoms with Gasteiger partial charge in [0.25, 0.3) is 0 Å². The van der Waals surface area contributed by atoms with Crippen molar-refractivity contribution in [2.45, 2.75) is 17.4 Å². The van der Waals surface area contributed by atoms with E-state index in [1.165, 1.54) is 29.5 Å². The summed E-state index contributed by atoms with van der Waals surface area (Å²) in [6, 6.07) is 17.5. The quantitative estimate of drug-likeness (QED) is 0.0857. The number of hydrogen-bond acceptors (Lipinski definition) is 9. The van der Waals surface area contributed by atoms with Crippen LogP contribution in [0.2, 0.25) is 0 Å². The Morgan fingerprint density at radius 3 is 2.68 bits per heavy atom. The smallest absolute Gasteiger partial charge is 0.241 e. The first-order valence-corrected chi connectivity index (χ1v) is 13.7. The molecule has 1 atom stereocenters. The number of ether oxygens (including phenoxy) is 1. The number of oxime groups is 1. The Morgan fingerprint density at radius 2 is 1.95 bits per heavy atom. The Labute approximate surface area is 223 Å². The number of methoxy groups -OCH3 is 1. The molecule has 198 valence electrons. The van der Waals surface area contributed by atoms with Crippen LogP contribution in [0.1, 0.15) is 22.2 Å². The van der Waals surface area contributed by atoms with E-state index in [4.69, 9.17) is 21.4 Å². The lowest BCUT2D eigenvalue weighted by Crippen LogP contribution is -2.30. The molecule has 1 amide bonds. The fourth-order valence-electron chi connectivity index (χ4n) is 3.74. The number of sulfonamides is 1. The number of hydrogen-bond donors (Lipinski definition) is 5. The lowest BCUT2D eigenvalue weighted by Gasteiger charge is -2.18. The zero-order chi connectivity index (χ0) is 27.3. The third-order valence-corrected chi connectivity index (χ3v) is 8.19. The number of fused-ring (bicyclic) bond motifs is 1. The van der Waals surface area contributed by atoms with Crippen molar-refractivity contribution in [1.29, 1.82) is 0 Å². The average molecular weight is 555 g/mol. The van der Waals surface area contributed by atoms with Gasteiger partial charge in [-0.05, 0) is 54.4 Å². The monoisotopic (exact) mass is 554 g/mol. The van der Waals surface area contributed by atoms with Crippen LogP contribution in [-0.4, -0.2) is 44.0 Å². The maximum atomic E-state index is 13.5. The molecule has 0 unspecified atom stereocenters. The second-order valence-electron chi connectivity index (χ2n) is 8.23. The maximum Gasteiger partial charge on any atom is 0.241 e. The summed E-state index contributed by atoms with van der Waals surface area (Å²) in [4.78, 5) is 16.3. The molecule has 7 N–H and O–H groups in total. The predicted octanol–water partition coefficient (Wildman–Crippen LogP) is 2.56. The van der Waals surface area contributed by atoms with Crippen LogP contribution in [-0.2, 0) is 21.2 Å². The van der Waals surface area contributed by atoms with Crippen LogP contribution in [0.3, 0.4) is 0 Å². The molecule has 0 bridgehead atoms. The first-order valence-electron chi connectivity index (χ1n) is 11.4. The zero-order valence-electron chi connectivity index (χ0n) is 20.3. The minimum Gasteiger partial charge on any atom is -0.497 e. The zero-order valence-corrected chi connectivity index (χ0v) is 21.9. The van der Waals surface area contributed by atoms with E-state index in [2.05, 4.69) is 20.2 Å². The summed E-state index contributed by atoms with van der Waals surface area (Å²) in [6.45, 7) is -0.232. The van der Waals surface area contributed by atoms with Crippen molar-refractivity contribution >= 4 is 49.0 Å². The Bertz CT molecular complexity index is 1600. The number of nitrogens with two attached hydrogens (primary N) is 2. The van der Waals surface area contributed by atoms with Gasteiger partial charge in [0, 0.05) is 11.3 Å². The van der Waals surface area contributed by atoms with Gasteiger partial charge in [-0.1, -0.05) is 29.4 Å². The molecule has 0 spiro atoms. The van der Waals surface area contributed by atoms with E-state index in [1.807, 2.05) is 18.2 Å². The summed E-state index contributed by atoms with van der Waals surface area (Å²) in [5, 5.41) is 15.2. The number of carbonyl (C=O) groups is 1. The van der Waals surface area contributed by atoms with Gasteiger partial charge in [0.1, 0.15) is 10.8 Å². The molecule has 0 radical (unpaired) electrons. The number of thiazole rings is 1. The summed E-state index contributed by atoms with van der Waals surface area (Å²) in [7, 11) is -2.49. The molecule has 0 saturated carbocycles. The van der Waals surface area contributed by atoms with Gasteiger partial charge in [0.15, 0.2) is 5.84 Å². The molecule has 38 heavy (non-hydrogen) atoms. The largest absolute Gasteiger partial charge is 0.497 e. The van der Waals surface area contributed by atoms with Crippen LogP contribution >= 0.6 is 11.3 Å². The molecular weight excluding hydrogens is 528 g/mol. The summed E-state index contributed by atoms with van der Waals surface area (Å²) in [5.41, 5.74) is 13.3. The molecular formula is C25H26N6O5S2. The minimum absolute atomic E-state index is 0.0366. The van der Waals surface area contributed by atoms with E-state index < -0.39 is 22.0 Å². The van der Waals surface area contributed by atoms with Gasteiger partial charge < -0.3 is 26.7 Å². The van der Waals surface area contributed by atoms with Crippen molar-refractivity contribution in [3.8, 4) is 5.75 Å². The fourth-order valence-corrected chi connectivity index (χ4v) is 6.10. The van der Waals surface area contributed by atoms with E-state index in [-0.39, 0.29) is 23.7 Å². The topological polar surface area (TPSA) is 182 Å². The number of aromatic nitrogens is 1. The van der Waals surface area contributed by atoms with E-state index in [0.717, 1.165) is 10.3 Å². The lowest BCUT2D eigenvalue weighted by molar-refractivity contribution is -0.114. The summed E-state index contributed by atoms with van der Waals surface area (Å²) < 4.78 is 35.9. The Balaban J connectivity index is 1.72. The highest BCUT2D eigenvalue weighted by atomic mass is 32.2. The SMILES string of the molecule is COc1ccc2nc([C@@H](Cc3cccc(C(N)=NO)c3)NS(=O)(=O)c3cccc(NC(=O)CN)c3)sc2c1. The Morgan fingerprint density at radius 1 is 1.16 bits per heavy atom. The normalized spacial score (nSPS) is 12.8. The molecule has 4 rings (SSSR count). The second kappa shape index (κ2) is 11.6. The van der Waals surface area contributed by atoms with Crippen molar-refractivity contribution in [2.24, 2.45) is 16.6 Å². The standard InChI is InChI=1S/C25H26N6O5S2/c1-36-18-8-9-20-22(13-18)37-25(29-20)21(11-15-4-2-5-16(10-15)24(27)30-33)31-38(34,35)19-7-3-6-17(12-19)28-23(32)14-26/h2-10,12-13,21,31,33H,11,14,26H2,1H3,(H2,27,30)(H,28,32)/t21-/m1/s1. The van der Waals surface area contributed by atoms with Gasteiger partial charge in [-0.3, -0.25) is 4.79 Å². The molecule has 4 aromatic rings. The van der Waals surface area contributed by atoms with Crippen LogP contribution in [0.5, 0.6) is 5.75 Å². The molecule has 3 aromatic carbocycles. The summed E-state index contributed by atoms with van der Waals surface area (Å²) in [6.07, 6.45) is 0.229. The number of carbonyl (C=O) groups excluding carboxylic acids is 1. The van der Waals surface area contributed by atoms with Crippen LogP contribution in [0, 0.1) is 0 Å². The first kappa shape index (κ1) is 27.0. The predicted molar refractivity (Wildman–Crippen MR) is 146 cm³/mol. The second-order valence-corrected chi connectivity index (χ2v) is 11.0. The molecule has 1 heterocycles. The number of amides is 1. The van der Waals surface area contributed by atoms with E-state index >= 15 is 0 Å². The Kier molecular flexibility index (Phi) is 8.22. The molecule has 11 nitrogen and oxygen atoms in total. The number of nitrogens with one attached hydrogen (secondary N) is 2. The van der Waals surface area contributed by atoms with Gasteiger partial charge >= 0.3 is 0 Å². The molecule has 0 fully saturated rings. The number of rotatable bonds is 10. The number of nitrogens with zero attached hydrogens (tertiary/aromatic N) is 2. The van der Waals surface area contributed by atoms with Crippen LogP contribution < -0.4 is 26.2 Å². The van der Waals surface area contributed by atoms with E-state index in [9.17, 15) is 13.2 Å². The molecule has 0 aliphatic rings. The fraction of sp³-hybridized carbons (Fsp3) is 0.160. The number of amidine groups is 1. The van der Waals surface area contributed by atoms with E-state index in [0.29, 0.717) is 27.5 Å². The third kappa shape index (κ3) is 6.26. The molecule has 13 heteroatoms. The minimum atomic E-state index is -4.05. The van der Waals surface area contributed by atoms with Gasteiger partial charge in [-0.2, -0.15) is 0 Å². The summed E-state index contributed by atoms with van der Waals surface area (Å²) in [5.74, 6) is 0.154. The van der Waals surface area contributed by atoms with Gasteiger partial charge in [0.05, 0.1) is 34.8 Å². The van der Waals surface area contributed by atoms with Crippen molar-refractivity contribution in [3.63, 3.8) is 0 Å². The number of anilines is 1. The summed E-state index contributed by atoms with van der Waals surface area (Å²) >= 11 is 1.34. The highest BCUT2D eigenvalue weighted by molar-refractivity contribution is 7.89.